The van der Waals surface area contributed by atoms with E-state index in [9.17, 15) is 14.0 Å². The van der Waals surface area contributed by atoms with Gasteiger partial charge in [-0.2, -0.15) is 0 Å². The fourth-order valence-corrected chi connectivity index (χ4v) is 3.46. The number of hydrogen-bond acceptors (Lipinski definition) is 6. The Hall–Kier alpha value is -2.28. The number of carbonyl (C=O) groups is 2. The molecule has 8 nitrogen and oxygen atoms in total. The zero-order valence-corrected chi connectivity index (χ0v) is 21.0. The third-order valence-electron chi connectivity index (χ3n) is 3.83. The summed E-state index contributed by atoms with van der Waals surface area (Å²) in [6, 6.07) is 5.40. The Labute approximate surface area is 202 Å². The molecule has 2 aromatic rings. The van der Waals surface area contributed by atoms with Crippen molar-refractivity contribution in [2.24, 2.45) is 4.99 Å². The van der Waals surface area contributed by atoms with Gasteiger partial charge in [0.05, 0.1) is 18.3 Å². The highest BCUT2D eigenvalue weighted by molar-refractivity contribution is 14.0. The van der Waals surface area contributed by atoms with Gasteiger partial charge >= 0.3 is 5.97 Å². The van der Waals surface area contributed by atoms with Gasteiger partial charge < -0.3 is 20.7 Å². The minimum absolute atomic E-state index is 0. The van der Waals surface area contributed by atoms with E-state index in [4.69, 9.17) is 4.74 Å². The molecular weight excluding hydrogens is 536 g/mol. The lowest BCUT2D eigenvalue weighted by molar-refractivity contribution is -0.114. The second-order valence-corrected chi connectivity index (χ2v) is 7.34. The van der Waals surface area contributed by atoms with Gasteiger partial charge in [-0.25, -0.2) is 19.2 Å². The number of carbonyl (C=O) groups excluding carboxylic acids is 2. The van der Waals surface area contributed by atoms with Crippen LogP contribution in [0.15, 0.2) is 29.3 Å². The number of halogens is 2. The summed E-state index contributed by atoms with van der Waals surface area (Å²) in [5.41, 5.74) is 0.977. The average Bonchev–Trinajstić information content (AvgIpc) is 3.08. The van der Waals surface area contributed by atoms with Crippen LogP contribution in [0.1, 0.15) is 47.2 Å². The Kier molecular flexibility index (Phi) is 11.4. The van der Waals surface area contributed by atoms with Crippen molar-refractivity contribution in [3.8, 4) is 0 Å². The molecule has 1 heterocycles. The van der Waals surface area contributed by atoms with Gasteiger partial charge in [0.15, 0.2) is 5.96 Å². The van der Waals surface area contributed by atoms with Crippen LogP contribution in [0.5, 0.6) is 0 Å². The number of benzene rings is 1. The first-order valence-electron chi connectivity index (χ1n) is 9.58. The van der Waals surface area contributed by atoms with Crippen LogP contribution in [0.2, 0.25) is 0 Å². The zero-order valence-electron chi connectivity index (χ0n) is 17.8. The molecule has 3 N–H and O–H groups in total. The fourth-order valence-electron chi connectivity index (χ4n) is 2.49. The molecule has 170 valence electrons. The molecule has 0 saturated carbocycles. The van der Waals surface area contributed by atoms with Gasteiger partial charge in [-0.3, -0.25) is 4.79 Å². The molecule has 2 rings (SSSR count). The standard InChI is InChI=1S/C20H26FN5O3S.HI/c1-5-22-20(23-11-16(27)26-15-9-7-8-14(21)10-15)25-13(4)18-24-12(3)17(30-18)19(28)29-6-2;/h7-10,13H,5-6,11H2,1-4H3,(H,26,27)(H2,22,23,25);1H. The summed E-state index contributed by atoms with van der Waals surface area (Å²) in [7, 11) is 0. The lowest BCUT2D eigenvalue weighted by Gasteiger charge is -2.16. The number of thiazole rings is 1. The van der Waals surface area contributed by atoms with Crippen molar-refractivity contribution in [3.05, 3.63) is 45.7 Å². The number of guanidine groups is 1. The fraction of sp³-hybridized carbons (Fsp3) is 0.400. The molecule has 0 saturated heterocycles. The van der Waals surface area contributed by atoms with Crippen LogP contribution in [0.3, 0.4) is 0 Å². The summed E-state index contributed by atoms with van der Waals surface area (Å²) >= 11 is 1.26. The minimum Gasteiger partial charge on any atom is -0.462 e. The second-order valence-electron chi connectivity index (χ2n) is 6.31. The number of nitrogens with one attached hydrogen (secondary N) is 3. The first-order chi connectivity index (χ1) is 14.3. The third-order valence-corrected chi connectivity index (χ3v) is 5.15. The number of aliphatic imine (C=N–C) groups is 1. The Bertz CT molecular complexity index is 922. The van der Waals surface area contributed by atoms with Crippen molar-refractivity contribution in [2.75, 3.05) is 25.0 Å². The van der Waals surface area contributed by atoms with Crippen LogP contribution in [0, 0.1) is 12.7 Å². The van der Waals surface area contributed by atoms with E-state index < -0.39 is 5.82 Å². The normalized spacial score (nSPS) is 11.8. The first kappa shape index (κ1) is 26.8. The predicted molar refractivity (Wildman–Crippen MR) is 131 cm³/mol. The molecule has 0 spiro atoms. The molecule has 0 radical (unpaired) electrons. The summed E-state index contributed by atoms with van der Waals surface area (Å²) in [6.07, 6.45) is 0. The van der Waals surface area contributed by atoms with Crippen LogP contribution >= 0.6 is 35.3 Å². The highest BCUT2D eigenvalue weighted by Gasteiger charge is 2.20. The van der Waals surface area contributed by atoms with Crippen LogP contribution in [-0.2, 0) is 9.53 Å². The maximum absolute atomic E-state index is 13.2. The lowest BCUT2D eigenvalue weighted by atomic mass is 10.3. The molecule has 31 heavy (non-hydrogen) atoms. The topological polar surface area (TPSA) is 105 Å². The van der Waals surface area contributed by atoms with Crippen molar-refractivity contribution >= 4 is 58.8 Å². The summed E-state index contributed by atoms with van der Waals surface area (Å²) in [6.45, 7) is 8.04. The largest absolute Gasteiger partial charge is 0.462 e. The second kappa shape index (κ2) is 13.2. The number of rotatable bonds is 8. The van der Waals surface area contributed by atoms with Gasteiger partial charge in [-0.1, -0.05) is 6.07 Å². The molecule has 0 aliphatic heterocycles. The van der Waals surface area contributed by atoms with E-state index >= 15 is 0 Å². The van der Waals surface area contributed by atoms with Crippen LogP contribution in [-0.4, -0.2) is 42.5 Å². The number of ether oxygens (including phenoxy) is 1. The molecule has 11 heteroatoms. The molecular formula is C20H27FIN5O3S. The van der Waals surface area contributed by atoms with E-state index in [1.807, 2.05) is 13.8 Å². The number of hydrogen-bond donors (Lipinski definition) is 3. The molecule has 1 atom stereocenters. The number of aryl methyl sites for hydroxylation is 1. The SMILES string of the molecule is CCNC(=NCC(=O)Nc1cccc(F)c1)NC(C)c1nc(C)c(C(=O)OCC)s1.I. The first-order valence-corrected chi connectivity index (χ1v) is 10.4. The van der Waals surface area contributed by atoms with E-state index in [1.54, 1.807) is 19.9 Å². The Morgan fingerprint density at radius 1 is 1.32 bits per heavy atom. The van der Waals surface area contributed by atoms with Gasteiger partial charge in [0.2, 0.25) is 5.91 Å². The third kappa shape index (κ3) is 8.40. The molecule has 0 bridgehead atoms. The molecule has 0 aliphatic carbocycles. The van der Waals surface area contributed by atoms with Crippen molar-refractivity contribution < 1.29 is 18.7 Å². The van der Waals surface area contributed by atoms with E-state index in [0.717, 1.165) is 0 Å². The van der Waals surface area contributed by atoms with E-state index in [0.29, 0.717) is 40.4 Å². The van der Waals surface area contributed by atoms with E-state index in [1.165, 1.54) is 29.5 Å². The van der Waals surface area contributed by atoms with Gasteiger partial charge in [0.1, 0.15) is 22.2 Å². The summed E-state index contributed by atoms with van der Waals surface area (Å²) in [4.78, 5) is 33.3. The molecule has 0 aliphatic rings. The van der Waals surface area contributed by atoms with Crippen LogP contribution < -0.4 is 16.0 Å². The number of amides is 1. The van der Waals surface area contributed by atoms with Crippen molar-refractivity contribution in [1.29, 1.82) is 0 Å². The summed E-state index contributed by atoms with van der Waals surface area (Å²) in [5, 5.41) is 9.53. The number of aromatic nitrogens is 1. The average molecular weight is 563 g/mol. The van der Waals surface area contributed by atoms with Crippen molar-refractivity contribution in [1.82, 2.24) is 15.6 Å². The van der Waals surface area contributed by atoms with Gasteiger partial charge in [0.25, 0.3) is 0 Å². The molecule has 1 amide bonds. The number of nitrogens with zero attached hydrogens (tertiary/aromatic N) is 2. The summed E-state index contributed by atoms with van der Waals surface area (Å²) in [5.74, 6) is -0.772. The van der Waals surface area contributed by atoms with Gasteiger partial charge in [0, 0.05) is 12.2 Å². The Morgan fingerprint density at radius 2 is 2.06 bits per heavy atom. The highest BCUT2D eigenvalue weighted by atomic mass is 127. The van der Waals surface area contributed by atoms with E-state index in [-0.39, 0.29) is 48.4 Å². The molecule has 0 fully saturated rings. The Balaban J connectivity index is 0.00000480. The molecule has 1 aromatic heterocycles. The van der Waals surface area contributed by atoms with Gasteiger partial charge in [-0.05, 0) is 45.9 Å². The number of esters is 1. The monoisotopic (exact) mass is 563 g/mol. The van der Waals surface area contributed by atoms with Crippen LogP contribution in [0.4, 0.5) is 10.1 Å². The van der Waals surface area contributed by atoms with Crippen LogP contribution in [0.25, 0.3) is 0 Å². The smallest absolute Gasteiger partial charge is 0.350 e. The zero-order chi connectivity index (χ0) is 22.1. The highest BCUT2D eigenvalue weighted by Crippen LogP contribution is 2.24. The van der Waals surface area contributed by atoms with Crippen molar-refractivity contribution in [2.45, 2.75) is 33.7 Å². The lowest BCUT2D eigenvalue weighted by Crippen LogP contribution is -2.39. The summed E-state index contributed by atoms with van der Waals surface area (Å²) < 4.78 is 18.3. The molecule has 1 unspecified atom stereocenters. The van der Waals surface area contributed by atoms with Crippen molar-refractivity contribution in [3.63, 3.8) is 0 Å². The minimum atomic E-state index is -0.430. The quantitative estimate of drug-likeness (QED) is 0.196. The van der Waals surface area contributed by atoms with Gasteiger partial charge in [-0.15, -0.1) is 35.3 Å². The molecule has 1 aromatic carbocycles. The predicted octanol–water partition coefficient (Wildman–Crippen LogP) is 3.64. The van der Waals surface area contributed by atoms with E-state index in [2.05, 4.69) is 25.9 Å². The number of anilines is 1. The Morgan fingerprint density at radius 3 is 2.71 bits per heavy atom. The maximum atomic E-state index is 13.2. The maximum Gasteiger partial charge on any atom is 0.350 e.